The number of hydrogen-bond acceptors (Lipinski definition) is 1. The van der Waals surface area contributed by atoms with E-state index in [1.165, 1.54) is 0 Å². The highest BCUT2D eigenvalue weighted by Crippen LogP contribution is 2.63. The molecular formula is C12F20S. The highest BCUT2D eigenvalue weighted by molar-refractivity contribution is 7.12. The fourth-order valence-electron chi connectivity index (χ4n) is 2.01. The molecule has 0 spiro atoms. The van der Waals surface area contributed by atoms with E-state index in [0.29, 0.717) is 0 Å². The Labute approximate surface area is 169 Å². The number of alkyl halides is 20. The lowest BCUT2D eigenvalue weighted by Gasteiger charge is -2.29. The minimum Gasteiger partial charge on any atom is -0.191 e. The minimum atomic E-state index is -7.63. The summed E-state index contributed by atoms with van der Waals surface area (Å²) in [6, 6.07) is 0. The van der Waals surface area contributed by atoms with E-state index in [4.69, 9.17) is 0 Å². The van der Waals surface area contributed by atoms with Crippen molar-refractivity contribution in [2.75, 3.05) is 0 Å². The van der Waals surface area contributed by atoms with Crippen LogP contribution in [0, 0.1) is 0 Å². The summed E-state index contributed by atoms with van der Waals surface area (Å²) in [6.07, 6.45) is -30.1. The minimum absolute atomic E-state index is 2.76. The lowest BCUT2D eigenvalue weighted by molar-refractivity contribution is -0.310. The third kappa shape index (κ3) is 4.40. The number of halogens is 20. The van der Waals surface area contributed by atoms with E-state index in [1.807, 2.05) is 0 Å². The number of hydrogen-bond donors (Lipinski definition) is 0. The summed E-state index contributed by atoms with van der Waals surface area (Å²) in [5.41, 5.74) is -9.49. The van der Waals surface area contributed by atoms with Gasteiger partial charge in [0.2, 0.25) is 0 Å². The first-order chi connectivity index (χ1) is 14.0. The van der Waals surface area contributed by atoms with Crippen molar-refractivity contribution in [3.63, 3.8) is 0 Å². The van der Waals surface area contributed by atoms with Crippen LogP contribution in [-0.2, 0) is 23.7 Å². The molecule has 0 saturated carbocycles. The molecule has 0 bridgehead atoms. The third-order valence-electron chi connectivity index (χ3n) is 3.53. The van der Waals surface area contributed by atoms with E-state index in [1.54, 1.807) is 0 Å². The van der Waals surface area contributed by atoms with Gasteiger partial charge in [-0.05, 0) is 0 Å². The summed E-state index contributed by atoms with van der Waals surface area (Å²) >= 11 is -2.76. The van der Waals surface area contributed by atoms with Gasteiger partial charge in [0.1, 0.15) is 0 Å². The molecule has 0 aliphatic rings. The van der Waals surface area contributed by atoms with Crippen LogP contribution in [0.5, 0.6) is 0 Å². The Morgan fingerprint density at radius 1 is 0.303 bits per heavy atom. The zero-order chi connectivity index (χ0) is 27.0. The molecule has 0 aromatic carbocycles. The molecule has 1 rings (SSSR count). The first-order valence-corrected chi connectivity index (χ1v) is 7.75. The predicted octanol–water partition coefficient (Wildman–Crippen LogP) is 8.36. The molecule has 194 valence electrons. The smallest absolute Gasteiger partial charge is 0.191 e. The van der Waals surface area contributed by atoms with Crippen molar-refractivity contribution in [3.05, 3.63) is 20.9 Å². The number of rotatable bonds is 4. The second-order valence-corrected chi connectivity index (χ2v) is 6.82. The van der Waals surface area contributed by atoms with Crippen molar-refractivity contribution in [3.8, 4) is 0 Å². The summed E-state index contributed by atoms with van der Waals surface area (Å²) < 4.78 is 259. The van der Waals surface area contributed by atoms with Crippen LogP contribution < -0.4 is 0 Å². The monoisotopic (exact) mass is 556 g/mol. The molecule has 0 unspecified atom stereocenters. The zero-order valence-electron chi connectivity index (χ0n) is 14.0. The van der Waals surface area contributed by atoms with E-state index < -0.39 is 80.6 Å². The molecule has 0 aliphatic carbocycles. The summed E-state index contributed by atoms with van der Waals surface area (Å²) in [5, 5.41) is 0. The lowest BCUT2D eigenvalue weighted by atomic mass is 9.92. The Morgan fingerprint density at radius 3 is 0.636 bits per heavy atom. The van der Waals surface area contributed by atoms with Crippen LogP contribution in [0.3, 0.4) is 0 Å². The average Bonchev–Trinajstić information content (AvgIpc) is 2.93. The maximum atomic E-state index is 13.7. The Bertz CT molecular complexity index is 801. The molecule has 1 heterocycles. The van der Waals surface area contributed by atoms with Crippen molar-refractivity contribution >= 4 is 11.3 Å². The Balaban J connectivity index is 4.56. The molecule has 0 aliphatic heterocycles. The largest absolute Gasteiger partial charge is 0.458 e. The number of thiophene rings is 1. The summed E-state index contributed by atoms with van der Waals surface area (Å²) in [4.78, 5) is -8.56. The third-order valence-corrected chi connectivity index (χ3v) is 4.86. The molecule has 0 radical (unpaired) electrons. The zero-order valence-corrected chi connectivity index (χ0v) is 14.8. The second-order valence-electron chi connectivity index (χ2n) is 5.80. The molecule has 0 saturated heterocycles. The molecule has 33 heavy (non-hydrogen) atoms. The topological polar surface area (TPSA) is 0 Å². The van der Waals surface area contributed by atoms with Gasteiger partial charge in [0.15, 0.2) is 0 Å². The molecule has 1 aromatic rings. The van der Waals surface area contributed by atoms with Gasteiger partial charge in [0.05, 0.1) is 20.9 Å². The van der Waals surface area contributed by atoms with Crippen LogP contribution in [-0.4, -0.2) is 24.7 Å². The van der Waals surface area contributed by atoms with Crippen molar-refractivity contribution in [2.45, 2.75) is 48.4 Å². The molecule has 0 N–H and O–H groups in total. The summed E-state index contributed by atoms with van der Waals surface area (Å²) in [7, 11) is 0. The molecule has 0 atom stereocenters. The molecule has 0 fully saturated rings. The Hall–Kier alpha value is -1.70. The van der Waals surface area contributed by atoms with E-state index in [9.17, 15) is 87.8 Å². The molecule has 0 amide bonds. The van der Waals surface area contributed by atoms with Crippen LogP contribution in [0.2, 0.25) is 0 Å². The highest BCUT2D eigenvalue weighted by Gasteiger charge is 2.75. The predicted molar refractivity (Wildman–Crippen MR) is 64.1 cm³/mol. The maximum Gasteiger partial charge on any atom is 0.458 e. The van der Waals surface area contributed by atoms with E-state index in [0.717, 1.165) is 0 Å². The van der Waals surface area contributed by atoms with E-state index in [2.05, 4.69) is 0 Å². The van der Waals surface area contributed by atoms with Crippen LogP contribution in [0.4, 0.5) is 87.8 Å². The van der Waals surface area contributed by atoms with Crippen molar-refractivity contribution in [1.29, 1.82) is 0 Å². The van der Waals surface area contributed by atoms with Crippen molar-refractivity contribution < 1.29 is 87.8 Å². The Kier molecular flexibility index (Phi) is 6.57. The van der Waals surface area contributed by atoms with E-state index in [-0.39, 0.29) is 0 Å². The van der Waals surface area contributed by atoms with Gasteiger partial charge in [-0.3, -0.25) is 0 Å². The SMILES string of the molecule is FC(F)(F)C(F)(F)c1sc(C(F)(F)C(F)(F)F)c(C(F)(F)C(F)(F)F)c1C(F)(F)C(F)(F)F. The van der Waals surface area contributed by atoms with Gasteiger partial charge in [0, 0.05) is 0 Å². The molecule has 1 aromatic heterocycles. The maximum absolute atomic E-state index is 13.7. The summed E-state index contributed by atoms with van der Waals surface area (Å²) in [6.45, 7) is 0. The first-order valence-electron chi connectivity index (χ1n) is 6.94. The van der Waals surface area contributed by atoms with Crippen LogP contribution in [0.25, 0.3) is 0 Å². The van der Waals surface area contributed by atoms with Gasteiger partial charge in [0.25, 0.3) is 0 Å². The Morgan fingerprint density at radius 2 is 0.485 bits per heavy atom. The second kappa shape index (κ2) is 7.40. The van der Waals surface area contributed by atoms with Gasteiger partial charge < -0.3 is 0 Å². The normalized spacial score (nSPS) is 15.9. The van der Waals surface area contributed by atoms with Crippen molar-refractivity contribution in [2.24, 2.45) is 0 Å². The molecular weight excluding hydrogens is 556 g/mol. The molecule has 0 nitrogen and oxygen atoms in total. The average molecular weight is 556 g/mol. The fraction of sp³-hybridized carbons (Fsp3) is 0.667. The van der Waals surface area contributed by atoms with Crippen molar-refractivity contribution in [1.82, 2.24) is 0 Å². The van der Waals surface area contributed by atoms with Gasteiger partial charge in [-0.2, -0.15) is 87.8 Å². The van der Waals surface area contributed by atoms with Gasteiger partial charge in [-0.1, -0.05) is 0 Å². The van der Waals surface area contributed by atoms with Gasteiger partial charge >= 0.3 is 48.4 Å². The van der Waals surface area contributed by atoms with Gasteiger partial charge in [-0.25, -0.2) is 0 Å². The molecule has 21 heteroatoms. The first kappa shape index (κ1) is 29.3. The van der Waals surface area contributed by atoms with E-state index >= 15 is 0 Å². The summed E-state index contributed by atoms with van der Waals surface area (Å²) in [5.74, 6) is -29.9. The van der Waals surface area contributed by atoms with Crippen LogP contribution >= 0.6 is 11.3 Å². The van der Waals surface area contributed by atoms with Gasteiger partial charge in [-0.15, -0.1) is 11.3 Å². The van der Waals surface area contributed by atoms with Crippen LogP contribution in [0.15, 0.2) is 0 Å². The fourth-order valence-corrected chi connectivity index (χ4v) is 3.37. The quantitative estimate of drug-likeness (QED) is 0.327. The lowest BCUT2D eigenvalue weighted by Crippen LogP contribution is -2.44. The standard InChI is InChI=1S/C12F20S/c13-5(14,9(21,22)23)1-2(6(15,16)10(24,25)26)4(8(19,20)12(30,31)32)33-3(1)7(17,18)11(27,28)29. The van der Waals surface area contributed by atoms with Crippen LogP contribution in [0.1, 0.15) is 20.9 Å². The highest BCUT2D eigenvalue weighted by atomic mass is 32.1.